The molecule has 0 aliphatic carbocycles. The van der Waals surface area contributed by atoms with Crippen LogP contribution in [0.3, 0.4) is 0 Å². The summed E-state index contributed by atoms with van der Waals surface area (Å²) in [4.78, 5) is 23.3. The van der Waals surface area contributed by atoms with Gasteiger partial charge in [-0.15, -0.1) is 0 Å². The molecule has 1 atom stereocenters. The summed E-state index contributed by atoms with van der Waals surface area (Å²) in [6.07, 6.45) is -20.2. The number of rotatable bonds is 6. The van der Waals surface area contributed by atoms with Gasteiger partial charge in [-0.05, 0) is 25.1 Å². The van der Waals surface area contributed by atoms with E-state index < -0.39 is 65.0 Å². The first-order valence-corrected chi connectivity index (χ1v) is 9.76. The Hall–Kier alpha value is -4.06. The summed E-state index contributed by atoms with van der Waals surface area (Å²) in [6, 6.07) is -1.00. The van der Waals surface area contributed by atoms with Crippen LogP contribution in [-0.2, 0) is 12.4 Å². The number of alkyl halides is 11. The van der Waals surface area contributed by atoms with Crippen molar-refractivity contribution in [2.24, 2.45) is 0 Å². The highest BCUT2D eigenvalue weighted by molar-refractivity contribution is 5.94. The fourth-order valence-corrected chi connectivity index (χ4v) is 2.81. The van der Waals surface area contributed by atoms with Gasteiger partial charge in [0.15, 0.2) is 11.6 Å². The van der Waals surface area contributed by atoms with E-state index in [-0.39, 0.29) is 24.0 Å². The minimum absolute atomic E-state index is 0.161. The molecule has 0 saturated carbocycles. The van der Waals surface area contributed by atoms with Crippen LogP contribution in [0.5, 0.6) is 5.75 Å². The van der Waals surface area contributed by atoms with E-state index in [0.29, 0.717) is 12.4 Å². The molecule has 38 heavy (non-hydrogen) atoms. The van der Waals surface area contributed by atoms with Gasteiger partial charge >= 0.3 is 24.6 Å². The first-order valence-electron chi connectivity index (χ1n) is 9.76. The molecule has 0 saturated heterocycles. The molecule has 1 unspecified atom stereocenters. The van der Waals surface area contributed by atoms with E-state index in [2.05, 4.69) is 30.1 Å². The number of amides is 1. The van der Waals surface area contributed by atoms with Crippen LogP contribution in [0.1, 0.15) is 40.3 Å². The zero-order chi connectivity index (χ0) is 28.7. The zero-order valence-corrected chi connectivity index (χ0v) is 18.3. The molecule has 1 amide bonds. The molecule has 2 aromatic heterocycles. The molecule has 1 aromatic carbocycles. The second kappa shape index (κ2) is 9.67. The normalized spacial score (nSPS) is 13.8. The Morgan fingerprint density at radius 1 is 0.868 bits per heavy atom. The average Bonchev–Trinajstić information content (AvgIpc) is 3.27. The van der Waals surface area contributed by atoms with Gasteiger partial charge in [0.1, 0.15) is 6.33 Å². The van der Waals surface area contributed by atoms with E-state index in [1.54, 1.807) is 0 Å². The molecule has 0 aliphatic rings. The van der Waals surface area contributed by atoms with Crippen LogP contribution in [0.15, 0.2) is 36.9 Å². The highest BCUT2D eigenvalue weighted by Crippen LogP contribution is 2.38. The Bertz CT molecular complexity index is 1270. The minimum Gasteiger partial charge on any atom is -0.422 e. The van der Waals surface area contributed by atoms with Gasteiger partial charge in [-0.25, -0.2) is 15.0 Å². The SMILES string of the molecule is CC(NC(=O)c1cc(C(F)(F)F)cc(C(F)(F)F)c1)c1ncnn1-c1ncc(OC(F)(F)C(F)(F)F)cn1. The van der Waals surface area contributed by atoms with Crippen molar-refractivity contribution in [1.29, 1.82) is 0 Å². The molecule has 0 fully saturated rings. The fraction of sp³-hybridized carbons (Fsp3) is 0.316. The van der Waals surface area contributed by atoms with Crippen LogP contribution in [0.2, 0.25) is 0 Å². The summed E-state index contributed by atoms with van der Waals surface area (Å²) in [7, 11) is 0. The standard InChI is InChI=1S/C19H11F11N6O2/c1-8(35-14(37)9-2-10(16(20,21)22)4-11(3-9)17(23,24)25)13-33-7-34-36(13)15-31-5-12(6-32-15)38-19(29,30)18(26,27)28/h2-8H,1H3,(H,35,37). The Morgan fingerprint density at radius 3 is 1.87 bits per heavy atom. The Balaban J connectivity index is 1.84. The molecule has 8 nitrogen and oxygen atoms in total. The maximum atomic E-state index is 13.1. The molecule has 19 heteroatoms. The number of benzene rings is 1. The summed E-state index contributed by atoms with van der Waals surface area (Å²) in [5.41, 5.74) is -4.42. The van der Waals surface area contributed by atoms with Gasteiger partial charge in [-0.1, -0.05) is 0 Å². The Morgan fingerprint density at radius 2 is 1.39 bits per heavy atom. The molecular formula is C19H11F11N6O2. The van der Waals surface area contributed by atoms with Crippen molar-refractivity contribution >= 4 is 5.91 Å². The van der Waals surface area contributed by atoms with Gasteiger partial charge in [-0.3, -0.25) is 4.79 Å². The number of nitrogens with one attached hydrogen (secondary N) is 1. The summed E-state index contributed by atoms with van der Waals surface area (Å²) >= 11 is 0. The minimum atomic E-state index is -6.03. The molecule has 0 bridgehead atoms. The van der Waals surface area contributed by atoms with Crippen molar-refractivity contribution in [3.63, 3.8) is 0 Å². The lowest BCUT2D eigenvalue weighted by molar-refractivity contribution is -0.360. The van der Waals surface area contributed by atoms with Crippen LogP contribution < -0.4 is 10.1 Å². The third-order valence-electron chi connectivity index (χ3n) is 4.54. The number of halogens is 11. The molecule has 206 valence electrons. The van der Waals surface area contributed by atoms with Crippen LogP contribution in [0, 0.1) is 0 Å². The molecule has 3 aromatic rings. The largest absolute Gasteiger partial charge is 0.499 e. The highest BCUT2D eigenvalue weighted by atomic mass is 19.4. The van der Waals surface area contributed by atoms with Gasteiger partial charge in [-0.2, -0.15) is 58.1 Å². The maximum Gasteiger partial charge on any atom is 0.499 e. The third kappa shape index (κ3) is 6.25. The number of carbonyl (C=O) groups is 1. The van der Waals surface area contributed by atoms with E-state index in [1.807, 2.05) is 0 Å². The third-order valence-corrected chi connectivity index (χ3v) is 4.54. The first-order chi connectivity index (χ1) is 17.3. The Labute approximate surface area is 203 Å². The van der Waals surface area contributed by atoms with Gasteiger partial charge in [0.25, 0.3) is 11.9 Å². The maximum absolute atomic E-state index is 13.1. The van der Waals surface area contributed by atoms with Crippen LogP contribution >= 0.6 is 0 Å². The average molecular weight is 564 g/mol. The summed E-state index contributed by atoms with van der Waals surface area (Å²) < 4.78 is 145. The van der Waals surface area contributed by atoms with E-state index in [9.17, 15) is 53.1 Å². The van der Waals surface area contributed by atoms with Gasteiger partial charge < -0.3 is 10.1 Å². The van der Waals surface area contributed by atoms with Gasteiger partial charge in [0, 0.05) is 5.56 Å². The quantitative estimate of drug-likeness (QED) is 0.418. The lowest BCUT2D eigenvalue weighted by atomic mass is 10.0. The van der Waals surface area contributed by atoms with E-state index in [1.165, 1.54) is 6.92 Å². The number of carbonyl (C=O) groups excluding carboxylic acids is 1. The highest BCUT2D eigenvalue weighted by Gasteiger charge is 2.61. The fourth-order valence-electron chi connectivity index (χ4n) is 2.81. The number of ether oxygens (including phenoxy) is 1. The number of hydrogen-bond acceptors (Lipinski definition) is 6. The van der Waals surface area contributed by atoms with E-state index in [0.717, 1.165) is 11.0 Å². The van der Waals surface area contributed by atoms with E-state index in [4.69, 9.17) is 0 Å². The molecular weight excluding hydrogens is 553 g/mol. The molecule has 1 N–H and O–H groups in total. The Kier molecular flexibility index (Phi) is 7.26. The second-order valence-corrected chi connectivity index (χ2v) is 7.36. The molecule has 0 radical (unpaired) electrons. The van der Waals surface area contributed by atoms with Gasteiger partial charge in [0.2, 0.25) is 0 Å². The van der Waals surface area contributed by atoms with Crippen LogP contribution in [-0.4, -0.2) is 42.9 Å². The number of hydrogen-bond donors (Lipinski definition) is 1. The molecule has 2 heterocycles. The van der Waals surface area contributed by atoms with E-state index >= 15 is 0 Å². The monoisotopic (exact) mass is 564 g/mol. The van der Waals surface area contributed by atoms with Crippen LogP contribution in [0.4, 0.5) is 48.3 Å². The van der Waals surface area contributed by atoms with Crippen molar-refractivity contribution < 1.29 is 57.8 Å². The van der Waals surface area contributed by atoms with Gasteiger partial charge in [0.05, 0.1) is 29.6 Å². The lowest BCUT2D eigenvalue weighted by Crippen LogP contribution is -2.41. The molecule has 0 aliphatic heterocycles. The topological polar surface area (TPSA) is 94.8 Å². The summed E-state index contributed by atoms with van der Waals surface area (Å²) in [5.74, 6) is -3.15. The van der Waals surface area contributed by atoms with Crippen molar-refractivity contribution in [2.45, 2.75) is 37.6 Å². The second-order valence-electron chi connectivity index (χ2n) is 7.36. The smallest absolute Gasteiger partial charge is 0.422 e. The number of aromatic nitrogens is 5. The van der Waals surface area contributed by atoms with Crippen LogP contribution in [0.25, 0.3) is 5.95 Å². The lowest BCUT2D eigenvalue weighted by Gasteiger charge is -2.19. The molecule has 0 spiro atoms. The van der Waals surface area contributed by atoms with Crippen molar-refractivity contribution in [1.82, 2.24) is 30.0 Å². The zero-order valence-electron chi connectivity index (χ0n) is 18.3. The van der Waals surface area contributed by atoms with Crippen molar-refractivity contribution in [3.8, 4) is 11.7 Å². The predicted molar refractivity (Wildman–Crippen MR) is 101 cm³/mol. The predicted octanol–water partition coefficient (Wildman–Crippen LogP) is 5.12. The van der Waals surface area contributed by atoms with Crippen molar-refractivity contribution in [3.05, 3.63) is 59.4 Å². The summed E-state index contributed by atoms with van der Waals surface area (Å²) in [6.45, 7) is 1.21. The number of nitrogens with zero attached hydrogens (tertiary/aromatic N) is 5. The summed E-state index contributed by atoms with van der Waals surface area (Å²) in [5, 5.41) is 5.81. The first kappa shape index (κ1) is 28.5. The molecule has 3 rings (SSSR count). The van der Waals surface area contributed by atoms with Crippen molar-refractivity contribution in [2.75, 3.05) is 0 Å².